The fourth-order valence-electron chi connectivity index (χ4n) is 1.91. The van der Waals surface area contributed by atoms with E-state index in [9.17, 15) is 13.6 Å². The number of carbonyl (C=O) groups excluding carboxylic acids is 1. The summed E-state index contributed by atoms with van der Waals surface area (Å²) in [4.78, 5) is 12.0. The van der Waals surface area contributed by atoms with E-state index < -0.39 is 17.5 Å². The zero-order valence-electron chi connectivity index (χ0n) is 11.1. The molecule has 0 aliphatic rings. The van der Waals surface area contributed by atoms with Gasteiger partial charge in [0.05, 0.1) is 0 Å². The number of halogens is 2. The number of aryl methyl sites for hydroxylation is 1. The Morgan fingerprint density at radius 2 is 1.70 bits per heavy atom. The summed E-state index contributed by atoms with van der Waals surface area (Å²) >= 11 is 0. The smallest absolute Gasteiger partial charge is 0.255 e. The normalized spacial score (nSPS) is 10.2. The summed E-state index contributed by atoms with van der Waals surface area (Å²) in [7, 11) is 1.79. The third-order valence-electron chi connectivity index (χ3n) is 2.88. The van der Waals surface area contributed by atoms with Crippen LogP contribution < -0.4 is 10.6 Å². The van der Waals surface area contributed by atoms with Crippen LogP contribution in [-0.2, 0) is 0 Å². The summed E-state index contributed by atoms with van der Waals surface area (Å²) in [6.07, 6.45) is 0. The molecule has 104 valence electrons. The molecule has 2 aromatic carbocycles. The second-order valence-electron chi connectivity index (χ2n) is 4.39. The minimum atomic E-state index is -0.734. The van der Waals surface area contributed by atoms with Gasteiger partial charge in [0.15, 0.2) is 0 Å². The Balaban J connectivity index is 2.21. The Morgan fingerprint density at radius 3 is 2.25 bits per heavy atom. The molecule has 2 rings (SSSR count). The number of rotatable bonds is 3. The van der Waals surface area contributed by atoms with E-state index >= 15 is 0 Å². The molecule has 0 heterocycles. The molecule has 0 spiro atoms. The van der Waals surface area contributed by atoms with E-state index in [2.05, 4.69) is 10.6 Å². The predicted octanol–water partition coefficient (Wildman–Crippen LogP) is 3.57. The zero-order valence-corrected chi connectivity index (χ0v) is 11.1. The number of nitrogens with one attached hydrogen (secondary N) is 2. The van der Waals surface area contributed by atoms with E-state index in [4.69, 9.17) is 0 Å². The molecule has 2 aromatic rings. The largest absolute Gasteiger partial charge is 0.388 e. The number of hydrogen-bond donors (Lipinski definition) is 2. The standard InChI is InChI=1S/C15H14F2N2O/c1-9-5-10(3-4-14(9)18-2)15(20)19-13-7-11(16)6-12(17)8-13/h3-8,18H,1-2H3,(H,19,20). The highest BCUT2D eigenvalue weighted by atomic mass is 19.1. The Hall–Kier alpha value is -2.43. The van der Waals surface area contributed by atoms with Gasteiger partial charge in [-0.2, -0.15) is 0 Å². The van der Waals surface area contributed by atoms with Crippen LogP contribution in [0.3, 0.4) is 0 Å². The highest BCUT2D eigenvalue weighted by molar-refractivity contribution is 6.04. The molecule has 0 saturated heterocycles. The third-order valence-corrected chi connectivity index (χ3v) is 2.88. The van der Waals surface area contributed by atoms with Gasteiger partial charge in [-0.15, -0.1) is 0 Å². The van der Waals surface area contributed by atoms with E-state index in [0.29, 0.717) is 5.56 Å². The number of anilines is 2. The number of hydrogen-bond acceptors (Lipinski definition) is 2. The molecule has 0 unspecified atom stereocenters. The molecule has 0 saturated carbocycles. The number of amides is 1. The van der Waals surface area contributed by atoms with Crippen LogP contribution in [0.2, 0.25) is 0 Å². The summed E-state index contributed by atoms with van der Waals surface area (Å²) < 4.78 is 26.1. The van der Waals surface area contributed by atoms with E-state index in [1.165, 1.54) is 0 Å². The molecular formula is C15H14F2N2O. The van der Waals surface area contributed by atoms with Crippen LogP contribution in [0.4, 0.5) is 20.2 Å². The van der Waals surface area contributed by atoms with E-state index in [0.717, 1.165) is 29.4 Å². The lowest BCUT2D eigenvalue weighted by Crippen LogP contribution is -2.12. The van der Waals surface area contributed by atoms with Crippen molar-refractivity contribution in [2.24, 2.45) is 0 Å². The summed E-state index contributed by atoms with van der Waals surface area (Å²) in [5.74, 6) is -1.88. The van der Waals surface area contributed by atoms with Gasteiger partial charge in [0.2, 0.25) is 0 Å². The first kappa shape index (κ1) is 14.0. The maximum atomic E-state index is 13.0. The molecule has 0 aliphatic carbocycles. The number of benzene rings is 2. The van der Waals surface area contributed by atoms with Crippen LogP contribution in [0.15, 0.2) is 36.4 Å². The minimum Gasteiger partial charge on any atom is -0.388 e. The lowest BCUT2D eigenvalue weighted by Gasteiger charge is -2.09. The van der Waals surface area contributed by atoms with Gasteiger partial charge in [0, 0.05) is 30.1 Å². The van der Waals surface area contributed by atoms with Gasteiger partial charge < -0.3 is 10.6 Å². The monoisotopic (exact) mass is 276 g/mol. The Labute approximate surface area is 115 Å². The molecule has 0 aromatic heterocycles. The van der Waals surface area contributed by atoms with Crippen molar-refractivity contribution in [2.75, 3.05) is 17.7 Å². The van der Waals surface area contributed by atoms with Crippen molar-refractivity contribution in [2.45, 2.75) is 6.92 Å². The molecule has 1 amide bonds. The van der Waals surface area contributed by atoms with Crippen LogP contribution in [0.1, 0.15) is 15.9 Å². The van der Waals surface area contributed by atoms with Gasteiger partial charge in [-0.1, -0.05) is 0 Å². The molecule has 0 radical (unpaired) electrons. The first-order valence-electron chi connectivity index (χ1n) is 6.05. The van der Waals surface area contributed by atoms with Crippen molar-refractivity contribution < 1.29 is 13.6 Å². The molecule has 5 heteroatoms. The highest BCUT2D eigenvalue weighted by Gasteiger charge is 2.09. The molecule has 3 nitrogen and oxygen atoms in total. The van der Waals surface area contributed by atoms with Crippen molar-refractivity contribution in [1.82, 2.24) is 0 Å². The molecular weight excluding hydrogens is 262 g/mol. The van der Waals surface area contributed by atoms with Crippen molar-refractivity contribution in [1.29, 1.82) is 0 Å². The van der Waals surface area contributed by atoms with Crippen molar-refractivity contribution >= 4 is 17.3 Å². The van der Waals surface area contributed by atoms with Gasteiger partial charge in [-0.25, -0.2) is 8.78 Å². The molecule has 0 aliphatic heterocycles. The van der Waals surface area contributed by atoms with Gasteiger partial charge in [-0.05, 0) is 42.8 Å². The lowest BCUT2D eigenvalue weighted by molar-refractivity contribution is 0.102. The summed E-state index contributed by atoms with van der Waals surface area (Å²) in [6, 6.07) is 8.00. The first-order valence-corrected chi connectivity index (χ1v) is 6.05. The maximum absolute atomic E-state index is 13.0. The minimum absolute atomic E-state index is 0.0860. The molecule has 0 bridgehead atoms. The van der Waals surface area contributed by atoms with Gasteiger partial charge in [0.1, 0.15) is 11.6 Å². The van der Waals surface area contributed by atoms with Crippen molar-refractivity contribution in [3.8, 4) is 0 Å². The average molecular weight is 276 g/mol. The lowest BCUT2D eigenvalue weighted by atomic mass is 10.1. The molecule has 0 atom stereocenters. The van der Waals surface area contributed by atoms with Crippen molar-refractivity contribution in [3.63, 3.8) is 0 Å². The molecule has 0 fully saturated rings. The van der Waals surface area contributed by atoms with Crippen LogP contribution in [0.25, 0.3) is 0 Å². The topological polar surface area (TPSA) is 41.1 Å². The van der Waals surface area contributed by atoms with Gasteiger partial charge >= 0.3 is 0 Å². The Bertz CT molecular complexity index is 636. The Kier molecular flexibility index (Phi) is 3.98. The van der Waals surface area contributed by atoms with Crippen LogP contribution in [-0.4, -0.2) is 13.0 Å². The maximum Gasteiger partial charge on any atom is 0.255 e. The summed E-state index contributed by atoms with van der Waals surface area (Å²) in [5, 5.41) is 5.46. The van der Waals surface area contributed by atoms with E-state index in [-0.39, 0.29) is 5.69 Å². The highest BCUT2D eigenvalue weighted by Crippen LogP contribution is 2.18. The van der Waals surface area contributed by atoms with Gasteiger partial charge in [-0.3, -0.25) is 4.79 Å². The van der Waals surface area contributed by atoms with Gasteiger partial charge in [0.25, 0.3) is 5.91 Å². The fraction of sp³-hybridized carbons (Fsp3) is 0.133. The zero-order chi connectivity index (χ0) is 14.7. The van der Waals surface area contributed by atoms with Crippen molar-refractivity contribution in [3.05, 3.63) is 59.2 Å². The number of carbonyl (C=O) groups is 1. The first-order chi connectivity index (χ1) is 9.49. The Morgan fingerprint density at radius 1 is 1.05 bits per heavy atom. The van der Waals surface area contributed by atoms with Crippen LogP contribution >= 0.6 is 0 Å². The van der Waals surface area contributed by atoms with E-state index in [1.807, 2.05) is 6.92 Å². The SMILES string of the molecule is CNc1ccc(C(=O)Nc2cc(F)cc(F)c2)cc1C. The molecule has 20 heavy (non-hydrogen) atoms. The van der Waals surface area contributed by atoms with E-state index in [1.54, 1.807) is 25.2 Å². The fourth-order valence-corrected chi connectivity index (χ4v) is 1.91. The quantitative estimate of drug-likeness (QED) is 0.899. The van der Waals surface area contributed by atoms with Crippen LogP contribution in [0, 0.1) is 18.6 Å². The molecule has 2 N–H and O–H groups in total. The second kappa shape index (κ2) is 5.69. The summed E-state index contributed by atoms with van der Waals surface area (Å²) in [6.45, 7) is 1.87. The second-order valence-corrected chi connectivity index (χ2v) is 4.39. The van der Waals surface area contributed by atoms with Crippen LogP contribution in [0.5, 0.6) is 0 Å². The average Bonchev–Trinajstić information content (AvgIpc) is 2.37. The predicted molar refractivity (Wildman–Crippen MR) is 75.0 cm³/mol. The third kappa shape index (κ3) is 3.12. The summed E-state index contributed by atoms with van der Waals surface area (Å²) in [5.41, 5.74) is 2.33.